The number of ether oxygens (including phenoxy) is 2. The molecule has 6 nitrogen and oxygen atoms in total. The summed E-state index contributed by atoms with van der Waals surface area (Å²) in [5.41, 5.74) is -0.269. The number of hydrogen-bond acceptors (Lipinski definition) is 4. The third-order valence-electron chi connectivity index (χ3n) is 3.72. The number of methoxy groups -OCH3 is 1. The molecule has 2 atom stereocenters. The van der Waals surface area contributed by atoms with Crippen LogP contribution in [0.15, 0.2) is 18.2 Å². The average molecular weight is 338 g/mol. The van der Waals surface area contributed by atoms with Crippen LogP contribution < -0.4 is 15.4 Å². The van der Waals surface area contributed by atoms with Gasteiger partial charge < -0.3 is 20.1 Å². The van der Waals surface area contributed by atoms with Crippen LogP contribution in [0.25, 0.3) is 0 Å². The Morgan fingerprint density at radius 3 is 2.67 bits per heavy atom. The van der Waals surface area contributed by atoms with Gasteiger partial charge in [-0.25, -0.2) is 9.18 Å². The molecule has 1 aliphatic heterocycles. The van der Waals surface area contributed by atoms with Crippen molar-refractivity contribution < 1.29 is 23.5 Å². The molecule has 2 N–H and O–H groups in total. The number of nitrogens with one attached hydrogen (secondary N) is 2. The summed E-state index contributed by atoms with van der Waals surface area (Å²) in [4.78, 5) is 23.8. The minimum Gasteiger partial charge on any atom is -0.497 e. The van der Waals surface area contributed by atoms with Crippen LogP contribution in [-0.4, -0.2) is 37.3 Å². The Morgan fingerprint density at radius 2 is 2.08 bits per heavy atom. The minimum absolute atomic E-state index is 0.0870. The molecule has 1 fully saturated rings. The van der Waals surface area contributed by atoms with E-state index in [0.29, 0.717) is 11.3 Å². The van der Waals surface area contributed by atoms with Crippen LogP contribution in [-0.2, 0) is 9.53 Å². The smallest absolute Gasteiger partial charge is 0.407 e. The van der Waals surface area contributed by atoms with E-state index in [0.717, 1.165) is 0 Å². The highest BCUT2D eigenvalue weighted by Gasteiger charge is 2.34. The fourth-order valence-corrected chi connectivity index (χ4v) is 2.65. The van der Waals surface area contributed by atoms with Crippen LogP contribution in [0.4, 0.5) is 9.18 Å². The molecule has 0 radical (unpaired) electrons. The van der Waals surface area contributed by atoms with Crippen molar-refractivity contribution in [2.75, 3.05) is 13.7 Å². The van der Waals surface area contributed by atoms with Crippen molar-refractivity contribution in [3.8, 4) is 5.75 Å². The predicted molar refractivity (Wildman–Crippen MR) is 86.5 cm³/mol. The Labute approximate surface area is 140 Å². The fraction of sp³-hybridized carbons (Fsp3) is 0.529. The van der Waals surface area contributed by atoms with Gasteiger partial charge in [-0.3, -0.25) is 4.79 Å². The SMILES string of the molecule is COc1ccc(C2CC(=O)NCC2NC(=O)OC(C)(C)C)c(F)c1. The molecule has 132 valence electrons. The number of amides is 2. The molecule has 2 amide bonds. The second-order valence-corrected chi connectivity index (χ2v) is 6.75. The first-order chi connectivity index (χ1) is 11.2. The van der Waals surface area contributed by atoms with Crippen LogP contribution in [0.1, 0.15) is 38.7 Å². The molecule has 2 rings (SSSR count). The van der Waals surface area contributed by atoms with E-state index < -0.39 is 29.5 Å². The number of benzene rings is 1. The molecule has 0 saturated carbocycles. The van der Waals surface area contributed by atoms with Gasteiger partial charge in [0.15, 0.2) is 0 Å². The van der Waals surface area contributed by atoms with Gasteiger partial charge in [0.1, 0.15) is 17.2 Å². The van der Waals surface area contributed by atoms with Crippen LogP contribution in [0.2, 0.25) is 0 Å². The molecule has 1 saturated heterocycles. The fourth-order valence-electron chi connectivity index (χ4n) is 2.65. The van der Waals surface area contributed by atoms with Gasteiger partial charge in [0, 0.05) is 24.9 Å². The Balaban J connectivity index is 2.20. The quantitative estimate of drug-likeness (QED) is 0.887. The van der Waals surface area contributed by atoms with E-state index in [-0.39, 0.29) is 18.9 Å². The zero-order chi connectivity index (χ0) is 17.9. The van der Waals surface area contributed by atoms with Crippen LogP contribution in [0, 0.1) is 5.82 Å². The molecule has 2 unspecified atom stereocenters. The second-order valence-electron chi connectivity index (χ2n) is 6.75. The highest BCUT2D eigenvalue weighted by Crippen LogP contribution is 2.30. The summed E-state index contributed by atoms with van der Waals surface area (Å²) in [7, 11) is 1.45. The first kappa shape index (κ1) is 18.0. The molecule has 0 spiro atoms. The monoisotopic (exact) mass is 338 g/mol. The topological polar surface area (TPSA) is 76.7 Å². The zero-order valence-corrected chi connectivity index (χ0v) is 14.3. The molecule has 0 bridgehead atoms. The van der Waals surface area contributed by atoms with Gasteiger partial charge in [-0.05, 0) is 32.4 Å². The molecule has 1 aromatic carbocycles. The zero-order valence-electron chi connectivity index (χ0n) is 14.3. The van der Waals surface area contributed by atoms with E-state index in [9.17, 15) is 14.0 Å². The van der Waals surface area contributed by atoms with Crippen molar-refractivity contribution in [3.05, 3.63) is 29.6 Å². The summed E-state index contributed by atoms with van der Waals surface area (Å²) in [5, 5.41) is 5.41. The van der Waals surface area contributed by atoms with E-state index in [2.05, 4.69) is 10.6 Å². The van der Waals surface area contributed by atoms with Crippen molar-refractivity contribution in [2.45, 2.75) is 44.8 Å². The standard InChI is InChI=1S/C17H23FN2O4/c1-17(2,3)24-16(22)20-14-9-19-15(21)8-12(14)11-6-5-10(23-4)7-13(11)18/h5-7,12,14H,8-9H2,1-4H3,(H,19,21)(H,20,22). The van der Waals surface area contributed by atoms with Gasteiger partial charge >= 0.3 is 6.09 Å². The maximum Gasteiger partial charge on any atom is 0.407 e. The summed E-state index contributed by atoms with van der Waals surface area (Å²) in [6, 6.07) is 4.03. The number of piperidine rings is 1. The highest BCUT2D eigenvalue weighted by atomic mass is 19.1. The lowest BCUT2D eigenvalue weighted by atomic mass is 9.85. The normalized spacial score (nSPS) is 21.0. The molecule has 7 heteroatoms. The van der Waals surface area contributed by atoms with E-state index in [1.54, 1.807) is 32.9 Å². The van der Waals surface area contributed by atoms with Gasteiger partial charge in [0.05, 0.1) is 13.2 Å². The molecular formula is C17H23FN2O4. The van der Waals surface area contributed by atoms with Crippen molar-refractivity contribution in [1.82, 2.24) is 10.6 Å². The Hall–Kier alpha value is -2.31. The summed E-state index contributed by atoms with van der Waals surface area (Å²) >= 11 is 0. The van der Waals surface area contributed by atoms with Crippen molar-refractivity contribution in [3.63, 3.8) is 0 Å². The molecule has 1 aromatic rings. The molecular weight excluding hydrogens is 315 g/mol. The summed E-state index contributed by atoms with van der Waals surface area (Å²) in [5.74, 6) is -0.729. The second kappa shape index (κ2) is 7.07. The lowest BCUT2D eigenvalue weighted by Crippen LogP contribution is -2.53. The lowest BCUT2D eigenvalue weighted by Gasteiger charge is -2.33. The van der Waals surface area contributed by atoms with E-state index in [1.807, 2.05) is 0 Å². The van der Waals surface area contributed by atoms with Gasteiger partial charge in [-0.2, -0.15) is 0 Å². The van der Waals surface area contributed by atoms with E-state index >= 15 is 0 Å². The van der Waals surface area contributed by atoms with Crippen molar-refractivity contribution in [2.24, 2.45) is 0 Å². The first-order valence-corrected chi connectivity index (χ1v) is 7.79. The molecule has 0 aliphatic carbocycles. The lowest BCUT2D eigenvalue weighted by molar-refractivity contribution is -0.123. The number of carbonyl (C=O) groups excluding carboxylic acids is 2. The van der Waals surface area contributed by atoms with Crippen molar-refractivity contribution >= 4 is 12.0 Å². The van der Waals surface area contributed by atoms with Crippen LogP contribution in [0.3, 0.4) is 0 Å². The molecule has 24 heavy (non-hydrogen) atoms. The number of carbonyl (C=O) groups is 2. The van der Waals surface area contributed by atoms with E-state index in [4.69, 9.17) is 9.47 Å². The number of hydrogen-bond donors (Lipinski definition) is 2. The summed E-state index contributed by atoms with van der Waals surface area (Å²) in [6.07, 6.45) is -0.508. The largest absolute Gasteiger partial charge is 0.497 e. The molecule has 1 aliphatic rings. The van der Waals surface area contributed by atoms with E-state index in [1.165, 1.54) is 13.2 Å². The van der Waals surface area contributed by atoms with Gasteiger partial charge in [-0.15, -0.1) is 0 Å². The number of halogens is 1. The number of alkyl carbamates (subject to hydrolysis) is 1. The predicted octanol–water partition coefficient (Wildman–Crippen LogP) is 2.33. The Bertz CT molecular complexity index is 628. The van der Waals surface area contributed by atoms with Gasteiger partial charge in [0.25, 0.3) is 0 Å². The Morgan fingerprint density at radius 1 is 1.38 bits per heavy atom. The molecule has 1 heterocycles. The highest BCUT2D eigenvalue weighted by molar-refractivity contribution is 5.79. The van der Waals surface area contributed by atoms with Crippen molar-refractivity contribution in [1.29, 1.82) is 0 Å². The van der Waals surface area contributed by atoms with Crippen LogP contribution in [0.5, 0.6) is 5.75 Å². The maximum atomic E-state index is 14.4. The average Bonchev–Trinajstić information content (AvgIpc) is 2.47. The van der Waals surface area contributed by atoms with Crippen LogP contribution >= 0.6 is 0 Å². The van der Waals surface area contributed by atoms with Gasteiger partial charge in [0.2, 0.25) is 5.91 Å². The van der Waals surface area contributed by atoms with Gasteiger partial charge in [-0.1, -0.05) is 6.07 Å². The maximum absolute atomic E-state index is 14.4. The third-order valence-corrected chi connectivity index (χ3v) is 3.72. The third kappa shape index (κ3) is 4.59. The Kier molecular flexibility index (Phi) is 5.31. The summed E-state index contributed by atoms with van der Waals surface area (Å²) in [6.45, 7) is 5.50. The summed E-state index contributed by atoms with van der Waals surface area (Å²) < 4.78 is 24.6. The number of rotatable bonds is 3. The first-order valence-electron chi connectivity index (χ1n) is 7.79. The molecule has 0 aromatic heterocycles. The minimum atomic E-state index is -0.636.